The molecule has 0 radical (unpaired) electrons. The fraction of sp³-hybridized carbons (Fsp3) is 0.500. The fourth-order valence-electron chi connectivity index (χ4n) is 0.708. The van der Waals surface area contributed by atoms with Crippen molar-refractivity contribution in [2.45, 2.75) is 6.54 Å². The molecule has 0 saturated carbocycles. The molecular weight excluding hydrogens is 128 g/mol. The van der Waals surface area contributed by atoms with Gasteiger partial charge in [-0.3, -0.25) is 5.10 Å². The molecule has 0 amide bonds. The monoisotopic (exact) mass is 140 g/mol. The zero-order chi connectivity index (χ0) is 7.23. The molecule has 56 valence electrons. The quantitative estimate of drug-likeness (QED) is 0.492. The number of aromatic nitrogens is 2. The van der Waals surface area contributed by atoms with Crippen LogP contribution in [-0.2, 0) is 6.54 Å². The maximum absolute atomic E-state index is 5.28. The zero-order valence-corrected chi connectivity index (χ0v) is 5.80. The molecule has 1 aromatic rings. The first kappa shape index (κ1) is 7.24. The Morgan fingerprint density at radius 2 is 2.60 bits per heavy atom. The van der Waals surface area contributed by atoms with Crippen LogP contribution >= 0.6 is 0 Å². The highest BCUT2D eigenvalue weighted by Crippen LogP contribution is 1.88. The van der Waals surface area contributed by atoms with Gasteiger partial charge in [-0.1, -0.05) is 0 Å². The summed E-state index contributed by atoms with van der Waals surface area (Å²) in [4.78, 5) is 0. The van der Waals surface area contributed by atoms with Crippen LogP contribution in [0.1, 0.15) is 5.69 Å². The molecule has 0 bridgehead atoms. The Morgan fingerprint density at radius 3 is 3.20 bits per heavy atom. The maximum atomic E-state index is 5.28. The number of H-pyrrole nitrogens is 1. The van der Waals surface area contributed by atoms with Gasteiger partial charge in [0.15, 0.2) is 0 Å². The average molecular weight is 140 g/mol. The minimum absolute atomic E-state index is 0.671. The van der Waals surface area contributed by atoms with Crippen molar-refractivity contribution in [3.8, 4) is 0 Å². The van der Waals surface area contributed by atoms with Crippen molar-refractivity contribution in [1.82, 2.24) is 15.5 Å². The third-order valence-electron chi connectivity index (χ3n) is 1.19. The molecule has 4 nitrogen and oxygen atoms in total. The first-order valence-electron chi connectivity index (χ1n) is 3.33. The third-order valence-corrected chi connectivity index (χ3v) is 1.19. The molecule has 0 unspecified atom stereocenters. The second kappa shape index (κ2) is 4.03. The van der Waals surface area contributed by atoms with Crippen LogP contribution in [0.15, 0.2) is 12.3 Å². The van der Waals surface area contributed by atoms with E-state index in [2.05, 4.69) is 15.5 Å². The summed E-state index contributed by atoms with van der Waals surface area (Å²) in [6.07, 6.45) is 1.81. The van der Waals surface area contributed by atoms with Gasteiger partial charge in [-0.05, 0) is 6.07 Å². The summed E-state index contributed by atoms with van der Waals surface area (Å²) in [6, 6.07) is 1.93. The molecule has 4 heteroatoms. The summed E-state index contributed by atoms with van der Waals surface area (Å²) >= 11 is 0. The lowest BCUT2D eigenvalue weighted by Crippen LogP contribution is -2.21. The highest BCUT2D eigenvalue weighted by atomic mass is 15.1. The van der Waals surface area contributed by atoms with Crippen LogP contribution in [-0.4, -0.2) is 23.3 Å². The Hall–Kier alpha value is -0.870. The number of nitrogens with zero attached hydrogens (tertiary/aromatic N) is 1. The Bertz CT molecular complexity index is 158. The highest BCUT2D eigenvalue weighted by Gasteiger charge is 1.90. The summed E-state index contributed by atoms with van der Waals surface area (Å²) in [5.74, 6) is 0. The van der Waals surface area contributed by atoms with Crippen molar-refractivity contribution in [2.75, 3.05) is 13.1 Å². The Labute approximate surface area is 59.8 Å². The molecule has 0 aromatic carbocycles. The van der Waals surface area contributed by atoms with Gasteiger partial charge in [-0.15, -0.1) is 0 Å². The number of nitrogens with one attached hydrogen (secondary N) is 2. The molecule has 1 rings (SSSR count). The third kappa shape index (κ3) is 2.16. The van der Waals surface area contributed by atoms with Gasteiger partial charge < -0.3 is 11.1 Å². The predicted octanol–water partition coefficient (Wildman–Crippen LogP) is -0.542. The van der Waals surface area contributed by atoms with Crippen molar-refractivity contribution < 1.29 is 0 Å². The predicted molar refractivity (Wildman–Crippen MR) is 39.3 cm³/mol. The number of rotatable bonds is 4. The van der Waals surface area contributed by atoms with Gasteiger partial charge in [0.05, 0.1) is 5.69 Å². The molecule has 10 heavy (non-hydrogen) atoms. The van der Waals surface area contributed by atoms with Crippen molar-refractivity contribution in [1.29, 1.82) is 0 Å². The molecule has 4 N–H and O–H groups in total. The Balaban J connectivity index is 2.15. The molecule has 0 aliphatic rings. The molecule has 0 aliphatic carbocycles. The van der Waals surface area contributed by atoms with E-state index in [4.69, 9.17) is 5.73 Å². The molecule has 0 aliphatic heterocycles. The largest absolute Gasteiger partial charge is 0.329 e. The maximum Gasteiger partial charge on any atom is 0.0759 e. The van der Waals surface area contributed by atoms with E-state index in [1.54, 1.807) is 6.20 Å². The number of aromatic amines is 1. The highest BCUT2D eigenvalue weighted by molar-refractivity contribution is 4.96. The van der Waals surface area contributed by atoms with E-state index in [1.807, 2.05) is 6.07 Å². The van der Waals surface area contributed by atoms with Gasteiger partial charge in [-0.2, -0.15) is 5.10 Å². The Kier molecular flexibility index (Phi) is 2.92. The lowest BCUT2D eigenvalue weighted by atomic mass is 10.4. The normalized spacial score (nSPS) is 10.1. The van der Waals surface area contributed by atoms with Crippen molar-refractivity contribution in [3.63, 3.8) is 0 Å². The van der Waals surface area contributed by atoms with E-state index in [-0.39, 0.29) is 0 Å². The van der Waals surface area contributed by atoms with Crippen LogP contribution in [0.2, 0.25) is 0 Å². The summed E-state index contributed by atoms with van der Waals surface area (Å²) in [6.45, 7) is 2.30. The van der Waals surface area contributed by atoms with Crippen LogP contribution in [0, 0.1) is 0 Å². The van der Waals surface area contributed by atoms with Crippen molar-refractivity contribution in [3.05, 3.63) is 18.0 Å². The van der Waals surface area contributed by atoms with Gasteiger partial charge in [-0.25, -0.2) is 0 Å². The topological polar surface area (TPSA) is 66.7 Å². The second-order valence-corrected chi connectivity index (χ2v) is 2.03. The van der Waals surface area contributed by atoms with Crippen LogP contribution in [0.5, 0.6) is 0 Å². The molecule has 0 atom stereocenters. The lowest BCUT2D eigenvalue weighted by molar-refractivity contribution is 0.680. The van der Waals surface area contributed by atoms with E-state index in [1.165, 1.54) is 0 Å². The van der Waals surface area contributed by atoms with Crippen LogP contribution < -0.4 is 11.1 Å². The standard InChI is InChI=1S/C6H12N4/c7-2-4-8-5-6-1-3-9-10-6/h1,3,8H,2,4-5,7H2,(H,9,10). The van der Waals surface area contributed by atoms with E-state index in [0.29, 0.717) is 6.54 Å². The fourth-order valence-corrected chi connectivity index (χ4v) is 0.708. The first-order chi connectivity index (χ1) is 4.93. The van der Waals surface area contributed by atoms with Crippen molar-refractivity contribution >= 4 is 0 Å². The van der Waals surface area contributed by atoms with E-state index >= 15 is 0 Å². The number of nitrogens with two attached hydrogens (primary N) is 1. The van der Waals surface area contributed by atoms with Gasteiger partial charge >= 0.3 is 0 Å². The van der Waals surface area contributed by atoms with Crippen LogP contribution in [0.3, 0.4) is 0 Å². The van der Waals surface area contributed by atoms with Gasteiger partial charge in [0.1, 0.15) is 0 Å². The summed E-state index contributed by atoms with van der Waals surface area (Å²) in [5, 5.41) is 9.83. The Morgan fingerprint density at radius 1 is 1.70 bits per heavy atom. The molecule has 1 heterocycles. The van der Waals surface area contributed by atoms with Gasteiger partial charge in [0.2, 0.25) is 0 Å². The van der Waals surface area contributed by atoms with E-state index in [0.717, 1.165) is 18.8 Å². The van der Waals surface area contributed by atoms with Crippen LogP contribution in [0.4, 0.5) is 0 Å². The summed E-state index contributed by atoms with van der Waals surface area (Å²) in [5.41, 5.74) is 6.30. The van der Waals surface area contributed by atoms with Gasteiger partial charge in [0, 0.05) is 25.8 Å². The van der Waals surface area contributed by atoms with Crippen LogP contribution in [0.25, 0.3) is 0 Å². The molecule has 1 aromatic heterocycles. The summed E-state index contributed by atoms with van der Waals surface area (Å²) in [7, 11) is 0. The lowest BCUT2D eigenvalue weighted by Gasteiger charge is -1.96. The number of hydrogen-bond acceptors (Lipinski definition) is 3. The van der Waals surface area contributed by atoms with E-state index < -0.39 is 0 Å². The average Bonchev–Trinajstić information content (AvgIpc) is 2.41. The molecule has 0 spiro atoms. The second-order valence-electron chi connectivity index (χ2n) is 2.03. The van der Waals surface area contributed by atoms with E-state index in [9.17, 15) is 0 Å². The first-order valence-corrected chi connectivity index (χ1v) is 3.33. The van der Waals surface area contributed by atoms with Crippen molar-refractivity contribution in [2.24, 2.45) is 5.73 Å². The molecule has 0 fully saturated rings. The van der Waals surface area contributed by atoms with Gasteiger partial charge in [0.25, 0.3) is 0 Å². The smallest absolute Gasteiger partial charge is 0.0759 e. The number of hydrogen-bond donors (Lipinski definition) is 3. The minimum Gasteiger partial charge on any atom is -0.329 e. The summed E-state index contributed by atoms with van der Waals surface area (Å²) < 4.78 is 0. The minimum atomic E-state index is 0.671. The molecular formula is C6H12N4. The zero-order valence-electron chi connectivity index (χ0n) is 5.80. The SMILES string of the molecule is NCCNCc1cc[nH]n1. The molecule has 0 saturated heterocycles.